The molecule has 0 atom stereocenters. The van der Waals surface area contributed by atoms with E-state index in [1.54, 1.807) is 0 Å². The normalized spacial score (nSPS) is 11.0. The summed E-state index contributed by atoms with van der Waals surface area (Å²) < 4.78 is 3.35. The molecule has 0 aliphatic carbocycles. The molecule has 0 aromatic carbocycles. The molecule has 0 saturated heterocycles. The van der Waals surface area contributed by atoms with Crippen LogP contribution in [0.3, 0.4) is 0 Å². The molecule has 1 aromatic rings. The highest BCUT2D eigenvalue weighted by Crippen LogP contribution is 2.04. The zero-order valence-electron chi connectivity index (χ0n) is 8.70. The number of hydrogen-bond acceptors (Lipinski definition) is 0. The summed E-state index contributed by atoms with van der Waals surface area (Å²) in [5.74, 6) is 0. The molecule has 1 rings (SSSR count). The van der Waals surface area contributed by atoms with Crippen molar-refractivity contribution in [2.45, 2.75) is 20.5 Å². The van der Waals surface area contributed by atoms with Crippen molar-refractivity contribution in [1.82, 2.24) is 4.57 Å². The zero-order chi connectivity index (χ0) is 9.03. The SMILES string of the molecule is CC[N+](C)(CC)Cn1cccc1.[I-]. The summed E-state index contributed by atoms with van der Waals surface area (Å²) in [6.45, 7) is 7.95. The summed E-state index contributed by atoms with van der Waals surface area (Å²) >= 11 is 0. The zero-order valence-corrected chi connectivity index (χ0v) is 10.9. The van der Waals surface area contributed by atoms with Crippen molar-refractivity contribution < 1.29 is 28.5 Å². The van der Waals surface area contributed by atoms with Crippen LogP contribution < -0.4 is 24.0 Å². The van der Waals surface area contributed by atoms with E-state index >= 15 is 0 Å². The van der Waals surface area contributed by atoms with Gasteiger partial charge in [0, 0.05) is 12.4 Å². The summed E-state index contributed by atoms with van der Waals surface area (Å²) in [6.07, 6.45) is 4.25. The minimum atomic E-state index is 0. The molecule has 0 unspecified atom stereocenters. The Hall–Kier alpha value is -0.0300. The van der Waals surface area contributed by atoms with Crippen molar-refractivity contribution in [3.05, 3.63) is 24.5 Å². The minimum Gasteiger partial charge on any atom is -1.00 e. The van der Waals surface area contributed by atoms with Crippen molar-refractivity contribution in [2.75, 3.05) is 20.1 Å². The summed E-state index contributed by atoms with van der Waals surface area (Å²) in [5.41, 5.74) is 0. The van der Waals surface area contributed by atoms with Gasteiger partial charge in [-0.25, -0.2) is 0 Å². The van der Waals surface area contributed by atoms with Crippen LogP contribution in [-0.2, 0) is 6.67 Å². The van der Waals surface area contributed by atoms with Crippen LogP contribution in [0.2, 0.25) is 0 Å². The van der Waals surface area contributed by atoms with Crippen LogP contribution >= 0.6 is 0 Å². The molecular formula is C10H19IN2. The standard InChI is InChI=1S/C10H19N2.HI/c1-4-12(3,5-2)10-11-8-6-7-9-11;/h6-9H,4-5,10H2,1-3H3;1H/q+1;/p-1. The highest BCUT2D eigenvalue weighted by atomic mass is 127. The lowest BCUT2D eigenvalue weighted by Gasteiger charge is -2.32. The predicted octanol–water partition coefficient (Wildman–Crippen LogP) is -1.06. The average molecular weight is 294 g/mol. The lowest BCUT2D eigenvalue weighted by atomic mass is 10.4. The van der Waals surface area contributed by atoms with Gasteiger partial charge in [-0.1, -0.05) is 0 Å². The number of halogens is 1. The molecule has 0 bridgehead atoms. The van der Waals surface area contributed by atoms with Gasteiger partial charge in [0.15, 0.2) is 6.67 Å². The molecule has 0 saturated carbocycles. The molecule has 0 aliphatic heterocycles. The Labute approximate surface area is 98.2 Å². The van der Waals surface area contributed by atoms with E-state index in [1.807, 2.05) is 0 Å². The van der Waals surface area contributed by atoms with Crippen molar-refractivity contribution in [3.63, 3.8) is 0 Å². The van der Waals surface area contributed by atoms with Gasteiger partial charge in [0.2, 0.25) is 0 Å². The molecule has 0 spiro atoms. The van der Waals surface area contributed by atoms with E-state index in [0.29, 0.717) is 0 Å². The summed E-state index contributed by atoms with van der Waals surface area (Å²) in [5, 5.41) is 0. The first-order chi connectivity index (χ1) is 5.70. The Morgan fingerprint density at radius 3 is 1.92 bits per heavy atom. The maximum absolute atomic E-state index is 2.29. The first kappa shape index (κ1) is 13.0. The molecule has 0 amide bonds. The highest BCUT2D eigenvalue weighted by Gasteiger charge is 2.15. The minimum absolute atomic E-state index is 0. The number of quaternary nitrogens is 1. The molecule has 2 nitrogen and oxygen atoms in total. The molecule has 0 N–H and O–H groups in total. The Bertz CT molecular complexity index is 215. The number of aromatic nitrogens is 1. The van der Waals surface area contributed by atoms with Gasteiger partial charge in [0.1, 0.15) is 0 Å². The maximum Gasteiger partial charge on any atom is 0.157 e. The van der Waals surface area contributed by atoms with Gasteiger partial charge >= 0.3 is 0 Å². The largest absolute Gasteiger partial charge is 1.00 e. The highest BCUT2D eigenvalue weighted by molar-refractivity contribution is 4.89. The topological polar surface area (TPSA) is 4.93 Å². The molecule has 3 heteroatoms. The van der Waals surface area contributed by atoms with Crippen molar-refractivity contribution in [3.8, 4) is 0 Å². The molecule has 0 radical (unpaired) electrons. The van der Waals surface area contributed by atoms with Gasteiger partial charge in [-0.05, 0) is 26.0 Å². The lowest BCUT2D eigenvalue weighted by Crippen LogP contribution is -3.00. The van der Waals surface area contributed by atoms with Crippen LogP contribution in [0, 0.1) is 0 Å². The van der Waals surface area contributed by atoms with E-state index in [-0.39, 0.29) is 24.0 Å². The third kappa shape index (κ3) is 3.68. The molecular weight excluding hydrogens is 275 g/mol. The Balaban J connectivity index is 0.00000144. The fourth-order valence-corrected chi connectivity index (χ4v) is 1.28. The van der Waals surface area contributed by atoms with E-state index in [4.69, 9.17) is 0 Å². The number of hydrogen-bond donors (Lipinski definition) is 0. The van der Waals surface area contributed by atoms with Crippen LogP contribution in [0.15, 0.2) is 24.5 Å². The van der Waals surface area contributed by atoms with Gasteiger partial charge in [0.05, 0.1) is 20.1 Å². The van der Waals surface area contributed by atoms with E-state index in [0.717, 1.165) is 11.2 Å². The van der Waals surface area contributed by atoms with E-state index in [9.17, 15) is 0 Å². The first-order valence-electron chi connectivity index (χ1n) is 4.64. The van der Waals surface area contributed by atoms with Crippen molar-refractivity contribution in [2.24, 2.45) is 0 Å². The molecule has 13 heavy (non-hydrogen) atoms. The Morgan fingerprint density at radius 1 is 1.08 bits per heavy atom. The molecule has 1 aromatic heterocycles. The van der Waals surface area contributed by atoms with E-state index < -0.39 is 0 Å². The van der Waals surface area contributed by atoms with Crippen LogP contribution in [0.25, 0.3) is 0 Å². The van der Waals surface area contributed by atoms with Gasteiger partial charge in [-0.2, -0.15) is 0 Å². The van der Waals surface area contributed by atoms with E-state index in [2.05, 4.69) is 50.0 Å². The summed E-state index contributed by atoms with van der Waals surface area (Å²) in [7, 11) is 2.29. The van der Waals surface area contributed by atoms with Crippen LogP contribution in [-0.4, -0.2) is 29.2 Å². The lowest BCUT2D eigenvalue weighted by molar-refractivity contribution is -0.927. The predicted molar refractivity (Wildman–Crippen MR) is 51.7 cm³/mol. The second-order valence-electron chi connectivity index (χ2n) is 3.59. The Kier molecular flexibility index (Phi) is 5.64. The second kappa shape index (κ2) is 5.65. The van der Waals surface area contributed by atoms with Crippen LogP contribution in [0.1, 0.15) is 13.8 Å². The fourth-order valence-electron chi connectivity index (χ4n) is 1.28. The summed E-state index contributed by atoms with van der Waals surface area (Å²) in [6, 6.07) is 4.16. The maximum atomic E-state index is 2.29. The van der Waals surface area contributed by atoms with Crippen LogP contribution in [0.5, 0.6) is 0 Å². The second-order valence-corrected chi connectivity index (χ2v) is 3.59. The first-order valence-corrected chi connectivity index (χ1v) is 4.64. The van der Waals surface area contributed by atoms with Crippen LogP contribution in [0.4, 0.5) is 0 Å². The van der Waals surface area contributed by atoms with Gasteiger partial charge < -0.3 is 33.0 Å². The average Bonchev–Trinajstić information content (AvgIpc) is 2.57. The monoisotopic (exact) mass is 294 g/mol. The molecule has 0 aliphatic rings. The van der Waals surface area contributed by atoms with Gasteiger partial charge in [0.25, 0.3) is 0 Å². The quantitative estimate of drug-likeness (QED) is 0.493. The third-order valence-electron chi connectivity index (χ3n) is 2.70. The summed E-state index contributed by atoms with van der Waals surface area (Å²) in [4.78, 5) is 0. The third-order valence-corrected chi connectivity index (χ3v) is 2.70. The number of nitrogens with zero attached hydrogens (tertiary/aromatic N) is 2. The fraction of sp³-hybridized carbons (Fsp3) is 0.600. The van der Waals surface area contributed by atoms with Gasteiger partial charge in [-0.3, -0.25) is 0 Å². The van der Waals surface area contributed by atoms with Gasteiger partial charge in [-0.15, -0.1) is 0 Å². The smallest absolute Gasteiger partial charge is 0.157 e. The van der Waals surface area contributed by atoms with Crippen molar-refractivity contribution >= 4 is 0 Å². The molecule has 76 valence electrons. The molecule has 0 fully saturated rings. The molecule has 1 heterocycles. The Morgan fingerprint density at radius 2 is 1.54 bits per heavy atom. The number of rotatable bonds is 4. The van der Waals surface area contributed by atoms with Crippen molar-refractivity contribution in [1.29, 1.82) is 0 Å². The van der Waals surface area contributed by atoms with E-state index in [1.165, 1.54) is 13.1 Å².